The Morgan fingerprint density at radius 2 is 1.18 bits per heavy atom. The average molecular weight is 484 g/mol. The molecule has 1 unspecified atom stereocenters. The van der Waals surface area contributed by atoms with E-state index in [2.05, 4.69) is 83.2 Å². The summed E-state index contributed by atoms with van der Waals surface area (Å²) in [5.41, 5.74) is 0. The molecule has 0 spiro atoms. The van der Waals surface area contributed by atoms with Crippen molar-refractivity contribution in [2.75, 3.05) is 6.54 Å². The van der Waals surface area contributed by atoms with Crippen LogP contribution in [0.25, 0.3) is 0 Å². The molecule has 0 bridgehead atoms. The highest BCUT2D eigenvalue weighted by atomic mass is 28.5. The SMILES string of the molecule is C.C.CCCC[Si](C)(CCCN([Si](C)(C)C)[Si](C)(C)C)O[Si](C)(C)O[SiH](C)C. The molecule has 0 aliphatic rings. The van der Waals surface area contributed by atoms with Gasteiger partial charge in [-0.1, -0.05) is 73.9 Å². The fraction of sp³-hybridized carbons (Fsp3) is 1.00. The first-order chi connectivity index (χ1) is 11.5. The van der Waals surface area contributed by atoms with Crippen molar-refractivity contribution in [3.8, 4) is 0 Å². The second kappa shape index (κ2) is 13.4. The summed E-state index contributed by atoms with van der Waals surface area (Å²) in [7, 11) is -7.22. The highest BCUT2D eigenvalue weighted by molar-refractivity contribution is 6.89. The Morgan fingerprint density at radius 3 is 1.54 bits per heavy atom. The van der Waals surface area contributed by atoms with Crippen LogP contribution in [0.4, 0.5) is 0 Å². The molecule has 0 aromatic carbocycles. The third kappa shape index (κ3) is 14.1. The lowest BCUT2D eigenvalue weighted by molar-refractivity contribution is 0.393. The van der Waals surface area contributed by atoms with Crippen LogP contribution in [-0.4, -0.2) is 53.2 Å². The molecule has 1 atom stereocenters. The summed E-state index contributed by atoms with van der Waals surface area (Å²) in [5, 5.41) is 0. The summed E-state index contributed by atoms with van der Waals surface area (Å²) in [6.45, 7) is 30.2. The first kappa shape index (κ1) is 33.6. The molecule has 174 valence electrons. The first-order valence-corrected chi connectivity index (χ1v) is 26.0. The second-order valence-corrected chi connectivity index (χ2v) is 31.6. The molecular formula is C20H57NO2Si5. The predicted molar refractivity (Wildman–Crippen MR) is 146 cm³/mol. The molecule has 0 amide bonds. The summed E-state index contributed by atoms with van der Waals surface area (Å²) in [5.74, 6) is 0. The average Bonchev–Trinajstić information content (AvgIpc) is 2.36. The van der Waals surface area contributed by atoms with Crippen LogP contribution in [0, 0.1) is 0 Å². The van der Waals surface area contributed by atoms with E-state index in [1.54, 1.807) is 0 Å². The molecule has 8 heteroatoms. The summed E-state index contributed by atoms with van der Waals surface area (Å²) in [6, 6.07) is 2.58. The lowest BCUT2D eigenvalue weighted by Gasteiger charge is -2.44. The molecule has 28 heavy (non-hydrogen) atoms. The molecule has 0 aromatic rings. The highest BCUT2D eigenvalue weighted by Gasteiger charge is 2.39. The number of unbranched alkanes of at least 4 members (excludes halogenated alkanes) is 1. The fourth-order valence-electron chi connectivity index (χ4n) is 4.25. The molecule has 0 aromatic heterocycles. The fourth-order valence-corrected chi connectivity index (χ4v) is 26.9. The third-order valence-electron chi connectivity index (χ3n) is 4.78. The molecule has 0 N–H and O–H groups in total. The molecule has 0 rings (SSSR count). The lowest BCUT2D eigenvalue weighted by atomic mass is 10.4. The number of hydrogen-bond acceptors (Lipinski definition) is 3. The largest absolute Gasteiger partial charge is 0.440 e. The van der Waals surface area contributed by atoms with Crippen molar-refractivity contribution in [3.05, 3.63) is 0 Å². The van der Waals surface area contributed by atoms with Crippen LogP contribution >= 0.6 is 0 Å². The van der Waals surface area contributed by atoms with Gasteiger partial charge in [0, 0.05) is 0 Å². The smallest absolute Gasteiger partial charge is 0.310 e. The zero-order valence-corrected chi connectivity index (χ0v) is 25.2. The Bertz CT molecular complexity index is 394. The van der Waals surface area contributed by atoms with E-state index in [9.17, 15) is 0 Å². The van der Waals surface area contributed by atoms with Gasteiger partial charge in [-0.05, 0) is 57.8 Å². The van der Waals surface area contributed by atoms with Gasteiger partial charge in [-0.3, -0.25) is 0 Å². The van der Waals surface area contributed by atoms with Gasteiger partial charge in [0.15, 0.2) is 17.4 Å². The highest BCUT2D eigenvalue weighted by Crippen LogP contribution is 2.29. The monoisotopic (exact) mass is 483 g/mol. The molecule has 0 aliphatic heterocycles. The third-order valence-corrected chi connectivity index (χ3v) is 23.4. The Hall–Kier alpha value is 0.964. The van der Waals surface area contributed by atoms with Crippen LogP contribution in [0.2, 0.25) is 84.1 Å². The van der Waals surface area contributed by atoms with Crippen LogP contribution in [0.1, 0.15) is 41.0 Å². The van der Waals surface area contributed by atoms with E-state index in [0.717, 1.165) is 0 Å². The van der Waals surface area contributed by atoms with E-state index < -0.39 is 42.4 Å². The van der Waals surface area contributed by atoms with Crippen LogP contribution in [0.3, 0.4) is 0 Å². The maximum absolute atomic E-state index is 6.89. The molecule has 3 nitrogen and oxygen atoms in total. The Labute approximate surface area is 186 Å². The molecule has 0 aliphatic carbocycles. The minimum Gasteiger partial charge on any atom is -0.440 e. The van der Waals surface area contributed by atoms with Gasteiger partial charge in [-0.2, -0.15) is 0 Å². The Kier molecular flexibility index (Phi) is 16.1. The molecule has 0 fully saturated rings. The Balaban J connectivity index is -0.00000312. The minimum atomic E-state index is -1.98. The first-order valence-electron chi connectivity index (χ1n) is 10.7. The number of rotatable bonds is 13. The molecule has 0 saturated carbocycles. The van der Waals surface area contributed by atoms with Gasteiger partial charge in [0.05, 0.1) is 0 Å². The van der Waals surface area contributed by atoms with E-state index in [-0.39, 0.29) is 14.9 Å². The molecule has 0 saturated heterocycles. The quantitative estimate of drug-likeness (QED) is 0.250. The van der Waals surface area contributed by atoms with Crippen LogP contribution < -0.4 is 0 Å². The van der Waals surface area contributed by atoms with E-state index in [0.29, 0.717) is 0 Å². The van der Waals surface area contributed by atoms with E-state index in [4.69, 9.17) is 8.23 Å². The normalized spacial score (nSPS) is 15.2. The van der Waals surface area contributed by atoms with Crippen molar-refractivity contribution >= 4 is 42.4 Å². The number of hydrogen-bond donors (Lipinski definition) is 0. The van der Waals surface area contributed by atoms with E-state index >= 15 is 0 Å². The van der Waals surface area contributed by atoms with Gasteiger partial charge in [0.1, 0.15) is 16.5 Å². The standard InChI is InChI=1S/C18H49NO2Si5.2CH4/c1-13-14-17-26(12,21-25(10,11)20-22(2)3)18-15-16-19(23(4,5)6)24(7,8)9;;/h22H,13-18H2,1-12H3;2*1H4. The van der Waals surface area contributed by atoms with Crippen LogP contribution in [0.15, 0.2) is 0 Å². The van der Waals surface area contributed by atoms with Crippen molar-refractivity contribution in [1.82, 2.24) is 4.23 Å². The minimum absolute atomic E-state index is 0. The van der Waals surface area contributed by atoms with Gasteiger partial charge in [-0.25, -0.2) is 0 Å². The van der Waals surface area contributed by atoms with Crippen molar-refractivity contribution < 1.29 is 8.23 Å². The van der Waals surface area contributed by atoms with Gasteiger partial charge >= 0.3 is 8.56 Å². The molecular weight excluding hydrogens is 427 g/mol. The predicted octanol–water partition coefficient (Wildman–Crippen LogP) is 7.71. The summed E-state index contributed by atoms with van der Waals surface area (Å²) < 4.78 is 16.2. The van der Waals surface area contributed by atoms with Crippen molar-refractivity contribution in [3.63, 3.8) is 0 Å². The van der Waals surface area contributed by atoms with Gasteiger partial charge in [-0.15, -0.1) is 0 Å². The van der Waals surface area contributed by atoms with Gasteiger partial charge < -0.3 is 12.5 Å². The maximum Gasteiger partial charge on any atom is 0.310 e. The summed E-state index contributed by atoms with van der Waals surface area (Å²) >= 11 is 0. The van der Waals surface area contributed by atoms with E-state index in [1.165, 1.54) is 37.9 Å². The Morgan fingerprint density at radius 1 is 0.750 bits per heavy atom. The number of nitrogens with zero attached hydrogens (tertiary/aromatic N) is 1. The van der Waals surface area contributed by atoms with Crippen molar-refractivity contribution in [2.24, 2.45) is 0 Å². The van der Waals surface area contributed by atoms with E-state index in [1.807, 2.05) is 0 Å². The topological polar surface area (TPSA) is 21.7 Å². The lowest BCUT2D eigenvalue weighted by Crippen LogP contribution is -2.59. The van der Waals surface area contributed by atoms with Crippen molar-refractivity contribution in [1.29, 1.82) is 0 Å². The van der Waals surface area contributed by atoms with Crippen LogP contribution in [0.5, 0.6) is 0 Å². The van der Waals surface area contributed by atoms with Crippen LogP contribution in [-0.2, 0) is 8.23 Å². The maximum atomic E-state index is 6.89. The van der Waals surface area contributed by atoms with Crippen molar-refractivity contribution in [2.45, 2.75) is 125 Å². The molecule has 0 radical (unpaired) electrons. The zero-order chi connectivity index (χ0) is 20.8. The second-order valence-electron chi connectivity index (χ2n) is 10.8. The van der Waals surface area contributed by atoms with Gasteiger partial charge in [0.2, 0.25) is 0 Å². The van der Waals surface area contributed by atoms with Gasteiger partial charge in [0.25, 0.3) is 0 Å². The summed E-state index contributed by atoms with van der Waals surface area (Å²) in [6.07, 6.45) is 3.87. The summed E-state index contributed by atoms with van der Waals surface area (Å²) in [4.78, 5) is 0. The zero-order valence-electron chi connectivity index (χ0n) is 20.1. The molecule has 0 heterocycles.